The molecule has 0 bridgehead atoms. The number of nitrogens with zero attached hydrogens (tertiary/aromatic N) is 1. The molecule has 1 unspecified atom stereocenters. The van der Waals surface area contributed by atoms with Crippen molar-refractivity contribution >= 4 is 23.6 Å². The number of benzene rings is 3. The lowest BCUT2D eigenvalue weighted by atomic mass is 9.88. The molecule has 0 aliphatic rings. The van der Waals surface area contributed by atoms with Gasteiger partial charge < -0.3 is 4.84 Å². The van der Waals surface area contributed by atoms with E-state index >= 15 is 0 Å². The van der Waals surface area contributed by atoms with Gasteiger partial charge in [0, 0.05) is 16.5 Å². The molecule has 0 amide bonds. The summed E-state index contributed by atoms with van der Waals surface area (Å²) >= 11 is 6.26. The SMILES string of the molecule is C/C(=N\OCc1ccc(C=O)cc1)C(Cc1ccc(C)c(C)c1)c1cccc(Cl)c1. The van der Waals surface area contributed by atoms with Crippen LogP contribution in [-0.4, -0.2) is 12.0 Å². The normalized spacial score (nSPS) is 12.5. The standard InChI is InChI=1S/C26H26ClNO2/c1-18-7-8-23(13-19(18)2)14-26(24-5-4-6-25(27)15-24)20(3)28-30-17-22-11-9-21(16-29)10-12-22/h4-13,15-16,26H,14,17H2,1-3H3/b28-20+. The topological polar surface area (TPSA) is 38.7 Å². The Labute approximate surface area is 183 Å². The Morgan fingerprint density at radius 2 is 1.73 bits per heavy atom. The zero-order valence-corrected chi connectivity index (χ0v) is 18.3. The highest BCUT2D eigenvalue weighted by molar-refractivity contribution is 6.30. The van der Waals surface area contributed by atoms with Gasteiger partial charge in [-0.05, 0) is 67.1 Å². The average Bonchev–Trinajstić information content (AvgIpc) is 2.75. The van der Waals surface area contributed by atoms with E-state index in [1.807, 2.05) is 37.3 Å². The maximum atomic E-state index is 10.8. The summed E-state index contributed by atoms with van der Waals surface area (Å²) in [4.78, 5) is 16.4. The van der Waals surface area contributed by atoms with E-state index in [-0.39, 0.29) is 5.92 Å². The minimum atomic E-state index is 0.0586. The summed E-state index contributed by atoms with van der Waals surface area (Å²) in [5, 5.41) is 5.12. The molecular weight excluding hydrogens is 394 g/mol. The van der Waals surface area contributed by atoms with Crippen LogP contribution in [0.15, 0.2) is 71.9 Å². The Morgan fingerprint density at radius 1 is 1.00 bits per heavy atom. The molecule has 154 valence electrons. The molecule has 3 nitrogen and oxygen atoms in total. The van der Waals surface area contributed by atoms with Gasteiger partial charge in [-0.1, -0.05) is 71.4 Å². The zero-order valence-electron chi connectivity index (χ0n) is 17.6. The number of carbonyl (C=O) groups is 1. The van der Waals surface area contributed by atoms with Gasteiger partial charge in [-0.3, -0.25) is 4.79 Å². The van der Waals surface area contributed by atoms with Gasteiger partial charge in [0.05, 0.1) is 5.71 Å². The summed E-state index contributed by atoms with van der Waals surface area (Å²) in [6, 6.07) is 21.8. The second-order valence-electron chi connectivity index (χ2n) is 7.60. The Morgan fingerprint density at radius 3 is 2.40 bits per heavy atom. The van der Waals surface area contributed by atoms with Crippen LogP contribution in [0, 0.1) is 13.8 Å². The number of aldehydes is 1. The monoisotopic (exact) mass is 419 g/mol. The van der Waals surface area contributed by atoms with Gasteiger partial charge >= 0.3 is 0 Å². The lowest BCUT2D eigenvalue weighted by Crippen LogP contribution is -2.13. The van der Waals surface area contributed by atoms with Crippen molar-refractivity contribution in [2.45, 2.75) is 39.7 Å². The minimum Gasteiger partial charge on any atom is -0.391 e. The Hall–Kier alpha value is -2.91. The number of aryl methyl sites for hydroxylation is 2. The molecule has 0 N–H and O–H groups in total. The van der Waals surface area contributed by atoms with Gasteiger partial charge in [-0.2, -0.15) is 0 Å². The molecule has 0 aliphatic heterocycles. The van der Waals surface area contributed by atoms with Crippen LogP contribution >= 0.6 is 11.6 Å². The quantitative estimate of drug-likeness (QED) is 0.232. The highest BCUT2D eigenvalue weighted by Crippen LogP contribution is 2.26. The smallest absolute Gasteiger partial charge is 0.150 e. The lowest BCUT2D eigenvalue weighted by Gasteiger charge is -2.18. The number of hydrogen-bond acceptors (Lipinski definition) is 3. The molecule has 3 rings (SSSR count). The molecule has 3 aromatic rings. The third-order valence-electron chi connectivity index (χ3n) is 5.32. The van der Waals surface area contributed by atoms with Crippen LogP contribution in [0.25, 0.3) is 0 Å². The number of carbonyl (C=O) groups excluding carboxylic acids is 1. The summed E-state index contributed by atoms with van der Waals surface area (Å²) in [5.74, 6) is 0.0586. The van der Waals surface area contributed by atoms with Crippen molar-refractivity contribution in [3.05, 3.63) is 105 Å². The Bertz CT molecular complexity index is 1040. The van der Waals surface area contributed by atoms with Crippen LogP contribution in [0.2, 0.25) is 5.02 Å². The first-order chi connectivity index (χ1) is 14.5. The van der Waals surface area contributed by atoms with Crippen molar-refractivity contribution in [3.63, 3.8) is 0 Å². The van der Waals surface area contributed by atoms with Crippen LogP contribution in [0.5, 0.6) is 0 Å². The van der Waals surface area contributed by atoms with Crippen molar-refractivity contribution in [2.24, 2.45) is 5.16 Å². The second-order valence-corrected chi connectivity index (χ2v) is 8.03. The van der Waals surface area contributed by atoms with Gasteiger partial charge in [0.15, 0.2) is 0 Å². The summed E-state index contributed by atoms with van der Waals surface area (Å²) in [7, 11) is 0. The molecule has 0 spiro atoms. The van der Waals surface area contributed by atoms with E-state index in [1.54, 1.807) is 12.1 Å². The van der Waals surface area contributed by atoms with Crippen molar-refractivity contribution < 1.29 is 9.63 Å². The van der Waals surface area contributed by atoms with Gasteiger partial charge in [0.2, 0.25) is 0 Å². The first-order valence-electron chi connectivity index (χ1n) is 9.98. The highest BCUT2D eigenvalue weighted by atomic mass is 35.5. The summed E-state index contributed by atoms with van der Waals surface area (Å²) in [6.07, 6.45) is 1.64. The van der Waals surface area contributed by atoms with Crippen LogP contribution < -0.4 is 0 Å². The Balaban J connectivity index is 1.79. The van der Waals surface area contributed by atoms with E-state index in [0.29, 0.717) is 17.2 Å². The number of halogens is 1. The number of hydrogen-bond donors (Lipinski definition) is 0. The molecule has 0 radical (unpaired) electrons. The van der Waals surface area contributed by atoms with E-state index < -0.39 is 0 Å². The lowest BCUT2D eigenvalue weighted by molar-refractivity contribution is 0.112. The fourth-order valence-corrected chi connectivity index (χ4v) is 3.56. The maximum Gasteiger partial charge on any atom is 0.150 e. The zero-order chi connectivity index (χ0) is 21.5. The van der Waals surface area contributed by atoms with Crippen molar-refractivity contribution in [2.75, 3.05) is 0 Å². The van der Waals surface area contributed by atoms with Gasteiger partial charge in [0.25, 0.3) is 0 Å². The summed E-state index contributed by atoms with van der Waals surface area (Å²) in [5.41, 5.74) is 7.43. The first kappa shape index (κ1) is 21.8. The van der Waals surface area contributed by atoms with Crippen molar-refractivity contribution in [1.82, 2.24) is 0 Å². The van der Waals surface area contributed by atoms with Gasteiger partial charge in [0.1, 0.15) is 12.9 Å². The molecule has 0 aliphatic carbocycles. The molecular formula is C26H26ClNO2. The predicted molar refractivity (Wildman–Crippen MR) is 124 cm³/mol. The molecule has 1 atom stereocenters. The van der Waals surface area contributed by atoms with Crippen molar-refractivity contribution in [1.29, 1.82) is 0 Å². The fourth-order valence-electron chi connectivity index (χ4n) is 3.36. The molecule has 0 aromatic heterocycles. The Kier molecular flexibility index (Phi) is 7.42. The minimum absolute atomic E-state index is 0.0586. The maximum absolute atomic E-state index is 10.8. The number of rotatable bonds is 8. The van der Waals surface area contributed by atoms with E-state index in [9.17, 15) is 4.79 Å². The highest BCUT2D eigenvalue weighted by Gasteiger charge is 2.17. The van der Waals surface area contributed by atoms with Crippen LogP contribution in [0.3, 0.4) is 0 Å². The van der Waals surface area contributed by atoms with E-state index in [2.05, 4.69) is 43.3 Å². The molecule has 0 saturated carbocycles. The van der Waals surface area contributed by atoms with Crippen LogP contribution in [0.1, 0.15) is 51.0 Å². The first-order valence-corrected chi connectivity index (χ1v) is 10.4. The fraction of sp³-hybridized carbons (Fsp3) is 0.231. The van der Waals surface area contributed by atoms with E-state index in [1.165, 1.54) is 16.7 Å². The third kappa shape index (κ3) is 5.80. The molecule has 0 heterocycles. The van der Waals surface area contributed by atoms with Crippen molar-refractivity contribution in [3.8, 4) is 0 Å². The molecule has 30 heavy (non-hydrogen) atoms. The molecule has 0 fully saturated rings. The second kappa shape index (κ2) is 10.2. The largest absolute Gasteiger partial charge is 0.391 e. The van der Waals surface area contributed by atoms with Crippen LogP contribution in [-0.2, 0) is 17.9 Å². The van der Waals surface area contributed by atoms with Gasteiger partial charge in [-0.25, -0.2) is 0 Å². The third-order valence-corrected chi connectivity index (χ3v) is 5.56. The summed E-state index contributed by atoms with van der Waals surface area (Å²) in [6.45, 7) is 6.59. The van der Waals surface area contributed by atoms with Crippen LogP contribution in [0.4, 0.5) is 0 Å². The predicted octanol–water partition coefficient (Wildman–Crippen LogP) is 6.69. The van der Waals surface area contributed by atoms with E-state index in [0.717, 1.165) is 29.5 Å². The van der Waals surface area contributed by atoms with E-state index in [4.69, 9.17) is 16.4 Å². The number of oxime groups is 1. The average molecular weight is 420 g/mol. The molecule has 3 aromatic carbocycles. The molecule has 4 heteroatoms. The summed E-state index contributed by atoms with van der Waals surface area (Å²) < 4.78 is 0. The van der Waals surface area contributed by atoms with Gasteiger partial charge in [-0.15, -0.1) is 0 Å². The molecule has 0 saturated heterocycles.